The van der Waals surface area contributed by atoms with Crippen molar-refractivity contribution < 1.29 is 33.3 Å². The van der Waals surface area contributed by atoms with Crippen molar-refractivity contribution >= 4 is 18.2 Å². The standard InChI is InChI=1S/C41H78O7.C5H14N2/c1-6-10-14-18-26-37(27-19-15-11-7-2)39(43)47-32-24-22-30-45-35-41(5,34-42)36-46-31-23-25-33-48-40(44)38(28-20-16-12-8-3)29-21-17-13-9-4;1-7(2)5-3-4-6/h34,37-38H,6-33,35-36H2,1-5H3;3-6H2,1-2H3. The van der Waals surface area contributed by atoms with Crippen LogP contribution in [0, 0.1) is 17.3 Å². The average Bonchev–Trinajstić information content (AvgIpc) is 3.18. The molecule has 55 heavy (non-hydrogen) atoms. The van der Waals surface area contributed by atoms with E-state index in [2.05, 4.69) is 46.7 Å². The van der Waals surface area contributed by atoms with Crippen LogP contribution in [0.4, 0.5) is 0 Å². The van der Waals surface area contributed by atoms with Crippen molar-refractivity contribution in [3.05, 3.63) is 0 Å². The molecule has 0 unspecified atom stereocenters. The van der Waals surface area contributed by atoms with Crippen LogP contribution in [0.5, 0.6) is 0 Å². The summed E-state index contributed by atoms with van der Waals surface area (Å²) < 4.78 is 22.9. The third kappa shape index (κ3) is 37.8. The van der Waals surface area contributed by atoms with Gasteiger partial charge in [0.15, 0.2) is 0 Å². The summed E-state index contributed by atoms with van der Waals surface area (Å²) in [4.78, 5) is 39.4. The van der Waals surface area contributed by atoms with E-state index in [4.69, 9.17) is 24.7 Å². The molecule has 0 saturated carbocycles. The van der Waals surface area contributed by atoms with Crippen molar-refractivity contribution in [1.29, 1.82) is 0 Å². The van der Waals surface area contributed by atoms with Gasteiger partial charge in [-0.15, -0.1) is 0 Å². The quantitative estimate of drug-likeness (QED) is 0.0368. The van der Waals surface area contributed by atoms with Gasteiger partial charge in [-0.25, -0.2) is 0 Å². The third-order valence-corrected chi connectivity index (χ3v) is 10.1. The van der Waals surface area contributed by atoms with Crippen molar-refractivity contribution in [1.82, 2.24) is 4.90 Å². The monoisotopic (exact) mass is 785 g/mol. The van der Waals surface area contributed by atoms with Crippen LogP contribution in [-0.4, -0.2) is 90.0 Å². The van der Waals surface area contributed by atoms with Crippen molar-refractivity contribution in [2.45, 2.75) is 195 Å². The molecule has 0 aromatic rings. The van der Waals surface area contributed by atoms with Gasteiger partial charge in [0.2, 0.25) is 0 Å². The van der Waals surface area contributed by atoms with Crippen LogP contribution in [0.3, 0.4) is 0 Å². The normalized spacial score (nSPS) is 11.6. The summed E-state index contributed by atoms with van der Waals surface area (Å²) in [7, 11) is 4.10. The first-order valence-corrected chi connectivity index (χ1v) is 22.9. The Hall–Kier alpha value is -1.55. The maximum atomic E-state index is 12.7. The molecule has 0 aliphatic heterocycles. The molecule has 0 radical (unpaired) electrons. The highest BCUT2D eigenvalue weighted by atomic mass is 16.5. The summed E-state index contributed by atoms with van der Waals surface area (Å²) in [6.07, 6.45) is 27.7. The maximum Gasteiger partial charge on any atom is 0.308 e. The smallest absolute Gasteiger partial charge is 0.308 e. The Morgan fingerprint density at radius 1 is 0.545 bits per heavy atom. The van der Waals surface area contributed by atoms with Crippen LogP contribution in [0.15, 0.2) is 0 Å². The number of carbonyl (C=O) groups is 3. The number of carbonyl (C=O) groups excluding carboxylic acids is 3. The lowest BCUT2D eigenvalue weighted by atomic mass is 9.94. The van der Waals surface area contributed by atoms with E-state index in [1.165, 1.54) is 77.0 Å². The summed E-state index contributed by atoms with van der Waals surface area (Å²) in [5.41, 5.74) is 4.55. The highest BCUT2D eigenvalue weighted by molar-refractivity contribution is 5.72. The maximum absolute atomic E-state index is 12.7. The van der Waals surface area contributed by atoms with E-state index in [1.807, 2.05) is 6.92 Å². The lowest BCUT2D eigenvalue weighted by Gasteiger charge is -2.23. The molecule has 328 valence electrons. The summed E-state index contributed by atoms with van der Waals surface area (Å²) in [6.45, 7) is 15.1. The zero-order valence-corrected chi connectivity index (χ0v) is 37.4. The first-order valence-electron chi connectivity index (χ1n) is 22.9. The van der Waals surface area contributed by atoms with E-state index in [0.29, 0.717) is 39.6 Å². The molecule has 0 heterocycles. The second-order valence-corrected chi connectivity index (χ2v) is 16.4. The molecule has 0 bridgehead atoms. The molecule has 0 atom stereocenters. The van der Waals surface area contributed by atoms with E-state index < -0.39 is 5.41 Å². The molecule has 0 fully saturated rings. The van der Waals surface area contributed by atoms with Gasteiger partial charge in [0.05, 0.1) is 43.7 Å². The third-order valence-electron chi connectivity index (χ3n) is 10.1. The lowest BCUT2D eigenvalue weighted by Crippen LogP contribution is -2.31. The first-order chi connectivity index (χ1) is 26.6. The Labute approximate surface area is 340 Å². The summed E-state index contributed by atoms with van der Waals surface area (Å²) in [5, 5.41) is 0. The molecule has 0 spiro atoms. The van der Waals surface area contributed by atoms with Crippen LogP contribution < -0.4 is 5.73 Å². The minimum atomic E-state index is -0.704. The highest BCUT2D eigenvalue weighted by Crippen LogP contribution is 2.22. The van der Waals surface area contributed by atoms with E-state index in [0.717, 1.165) is 103 Å². The van der Waals surface area contributed by atoms with Gasteiger partial charge in [-0.1, -0.05) is 130 Å². The first kappa shape index (κ1) is 55.5. The Morgan fingerprint density at radius 2 is 0.891 bits per heavy atom. The fraction of sp³-hybridized carbons (Fsp3) is 0.935. The van der Waals surface area contributed by atoms with Crippen LogP contribution in [0.2, 0.25) is 0 Å². The van der Waals surface area contributed by atoms with Gasteiger partial charge in [-0.3, -0.25) is 9.59 Å². The molecule has 2 N–H and O–H groups in total. The van der Waals surface area contributed by atoms with Crippen LogP contribution >= 0.6 is 0 Å². The summed E-state index contributed by atoms with van der Waals surface area (Å²) >= 11 is 0. The van der Waals surface area contributed by atoms with Gasteiger partial charge in [-0.2, -0.15) is 0 Å². The summed E-state index contributed by atoms with van der Waals surface area (Å²) in [6, 6.07) is 0. The van der Waals surface area contributed by atoms with E-state index in [9.17, 15) is 14.4 Å². The molecule has 0 aromatic heterocycles. The number of esters is 2. The fourth-order valence-electron chi connectivity index (χ4n) is 6.35. The topological polar surface area (TPSA) is 117 Å². The van der Waals surface area contributed by atoms with Gasteiger partial charge < -0.3 is 34.4 Å². The molecule has 0 aliphatic carbocycles. The Balaban J connectivity index is 0. The van der Waals surface area contributed by atoms with E-state index in [-0.39, 0.29) is 23.8 Å². The van der Waals surface area contributed by atoms with Crippen LogP contribution in [0.25, 0.3) is 0 Å². The Morgan fingerprint density at radius 3 is 1.16 bits per heavy atom. The van der Waals surface area contributed by atoms with Gasteiger partial charge >= 0.3 is 11.9 Å². The number of nitrogens with zero attached hydrogens (tertiary/aromatic N) is 1. The molecule has 0 saturated heterocycles. The number of ether oxygens (including phenoxy) is 4. The molecule has 0 aromatic carbocycles. The highest BCUT2D eigenvalue weighted by Gasteiger charge is 2.25. The zero-order valence-electron chi connectivity index (χ0n) is 37.4. The fourth-order valence-corrected chi connectivity index (χ4v) is 6.35. The lowest BCUT2D eigenvalue weighted by molar-refractivity contribution is -0.150. The van der Waals surface area contributed by atoms with E-state index in [1.54, 1.807) is 0 Å². The minimum Gasteiger partial charge on any atom is -0.465 e. The molecule has 0 aliphatic rings. The molecule has 0 rings (SSSR count). The van der Waals surface area contributed by atoms with Gasteiger partial charge in [-0.05, 0) is 91.9 Å². The number of hydrogen-bond acceptors (Lipinski definition) is 9. The van der Waals surface area contributed by atoms with E-state index >= 15 is 0 Å². The second-order valence-electron chi connectivity index (χ2n) is 16.4. The largest absolute Gasteiger partial charge is 0.465 e. The minimum absolute atomic E-state index is 0.0286. The second kappa shape index (κ2) is 42.1. The number of hydrogen-bond donors (Lipinski definition) is 1. The van der Waals surface area contributed by atoms with Crippen molar-refractivity contribution in [3.8, 4) is 0 Å². The average molecular weight is 785 g/mol. The predicted molar refractivity (Wildman–Crippen MR) is 230 cm³/mol. The molecular formula is C46H92N2O7. The summed E-state index contributed by atoms with van der Waals surface area (Å²) in [5.74, 6) is -0.0122. The SMILES string of the molecule is CCCCCCC(CCCCCC)C(=O)OCCCCOCC(C)(C=O)COCCCCOC(=O)C(CCCCCC)CCCCCC.CN(C)CCCN. The molecule has 9 heteroatoms. The van der Waals surface area contributed by atoms with Gasteiger partial charge in [0, 0.05) is 13.2 Å². The molecular weight excluding hydrogens is 693 g/mol. The predicted octanol–water partition coefficient (Wildman–Crippen LogP) is 10.9. The van der Waals surface area contributed by atoms with Crippen LogP contribution in [0.1, 0.15) is 195 Å². The molecule has 9 nitrogen and oxygen atoms in total. The van der Waals surface area contributed by atoms with Crippen molar-refractivity contribution in [3.63, 3.8) is 0 Å². The zero-order chi connectivity index (χ0) is 41.3. The van der Waals surface area contributed by atoms with Crippen molar-refractivity contribution in [2.24, 2.45) is 23.0 Å². The van der Waals surface area contributed by atoms with Crippen molar-refractivity contribution in [2.75, 3.05) is 66.8 Å². The Kier molecular flexibility index (Phi) is 42.5. The number of rotatable bonds is 40. The van der Waals surface area contributed by atoms with Gasteiger partial charge in [0.1, 0.15) is 6.29 Å². The van der Waals surface area contributed by atoms with Crippen LogP contribution in [-0.2, 0) is 33.3 Å². The number of unbranched alkanes of at least 4 members (excludes halogenated alkanes) is 14. The molecule has 0 amide bonds. The Bertz CT molecular complexity index is 763. The van der Waals surface area contributed by atoms with Gasteiger partial charge in [0.25, 0.3) is 0 Å². The number of aldehydes is 1. The number of nitrogens with two attached hydrogens (primary N) is 1.